The molecule has 5 nitrogen and oxygen atoms in total. The molecule has 124 valence electrons. The zero-order valence-electron chi connectivity index (χ0n) is 13.8. The van der Waals surface area contributed by atoms with E-state index >= 15 is 0 Å². The third-order valence-corrected chi connectivity index (χ3v) is 5.71. The number of nitrogens with one attached hydrogen (secondary N) is 1. The van der Waals surface area contributed by atoms with Crippen LogP contribution < -0.4 is 10.1 Å². The maximum absolute atomic E-state index is 5.01. The smallest absolute Gasteiger partial charge is 0.316 e. The summed E-state index contributed by atoms with van der Waals surface area (Å²) in [6.45, 7) is 3.21. The number of hydrogen-bond donors (Lipinski definition) is 1. The largest absolute Gasteiger partial charge is 0.467 e. The van der Waals surface area contributed by atoms with E-state index in [1.54, 1.807) is 19.5 Å². The number of aromatic nitrogens is 3. The van der Waals surface area contributed by atoms with Crippen LogP contribution in [0.15, 0.2) is 30.6 Å². The summed E-state index contributed by atoms with van der Waals surface area (Å²) in [5.41, 5.74) is 3.18. The highest BCUT2D eigenvalue weighted by molar-refractivity contribution is 7.18. The molecule has 0 aliphatic heterocycles. The summed E-state index contributed by atoms with van der Waals surface area (Å²) < 4.78 is 6.24. The molecule has 1 saturated carbocycles. The summed E-state index contributed by atoms with van der Waals surface area (Å²) >= 11 is 1.81. The van der Waals surface area contributed by atoms with E-state index in [1.807, 2.05) is 11.3 Å². The molecule has 0 atom stereocenters. The lowest BCUT2D eigenvalue weighted by atomic mass is 9.81. The highest BCUT2D eigenvalue weighted by atomic mass is 32.1. The van der Waals surface area contributed by atoms with Crippen molar-refractivity contribution in [2.75, 3.05) is 13.7 Å². The van der Waals surface area contributed by atoms with E-state index in [2.05, 4.69) is 40.4 Å². The minimum Gasteiger partial charge on any atom is -0.467 e. The van der Waals surface area contributed by atoms with Crippen LogP contribution in [0, 0.1) is 0 Å². The molecule has 1 N–H and O–H groups in total. The minimum atomic E-state index is 0.389. The van der Waals surface area contributed by atoms with E-state index in [0.29, 0.717) is 18.0 Å². The monoisotopic (exact) mass is 340 g/mol. The quantitative estimate of drug-likeness (QED) is 0.769. The second kappa shape index (κ2) is 6.45. The fourth-order valence-electron chi connectivity index (χ4n) is 3.14. The third-order valence-electron chi connectivity index (χ3n) is 4.53. The third kappa shape index (κ3) is 2.87. The second-order valence-electron chi connectivity index (χ2n) is 6.12. The number of rotatable bonds is 5. The van der Waals surface area contributed by atoms with Crippen LogP contribution in [-0.4, -0.2) is 34.6 Å². The number of methoxy groups -OCH3 is 1. The molecule has 1 aromatic carbocycles. The van der Waals surface area contributed by atoms with Crippen molar-refractivity contribution in [1.29, 1.82) is 0 Å². The van der Waals surface area contributed by atoms with Gasteiger partial charge in [0.05, 0.1) is 22.3 Å². The van der Waals surface area contributed by atoms with Gasteiger partial charge in [-0.25, -0.2) is 15.0 Å². The molecule has 0 unspecified atom stereocenters. The Balaban J connectivity index is 1.57. The van der Waals surface area contributed by atoms with Gasteiger partial charge < -0.3 is 10.1 Å². The Bertz CT molecular complexity index is 840. The highest BCUT2D eigenvalue weighted by Crippen LogP contribution is 2.40. The van der Waals surface area contributed by atoms with Gasteiger partial charge >= 0.3 is 6.01 Å². The van der Waals surface area contributed by atoms with Crippen molar-refractivity contribution < 1.29 is 4.74 Å². The average Bonchev–Trinajstić information content (AvgIpc) is 3.00. The lowest BCUT2D eigenvalue weighted by Gasteiger charge is -2.34. The lowest BCUT2D eigenvalue weighted by Crippen LogP contribution is -2.39. The molecule has 1 fully saturated rings. The zero-order valence-corrected chi connectivity index (χ0v) is 14.6. The summed E-state index contributed by atoms with van der Waals surface area (Å²) in [5, 5.41) is 4.77. The van der Waals surface area contributed by atoms with Gasteiger partial charge in [-0.2, -0.15) is 0 Å². The molecule has 0 radical (unpaired) electrons. The second-order valence-corrected chi connectivity index (χ2v) is 7.18. The Kier molecular flexibility index (Phi) is 4.16. The normalized spacial score (nSPS) is 20.1. The van der Waals surface area contributed by atoms with Gasteiger partial charge in [-0.3, -0.25) is 0 Å². The Morgan fingerprint density at radius 3 is 2.71 bits per heavy atom. The fraction of sp³-hybridized carbons (Fsp3) is 0.389. The van der Waals surface area contributed by atoms with Crippen LogP contribution in [0.3, 0.4) is 0 Å². The van der Waals surface area contributed by atoms with Gasteiger partial charge in [0, 0.05) is 29.9 Å². The van der Waals surface area contributed by atoms with Crippen molar-refractivity contribution in [2.45, 2.75) is 31.7 Å². The van der Waals surface area contributed by atoms with Gasteiger partial charge in [0.15, 0.2) is 0 Å². The molecular weight excluding hydrogens is 320 g/mol. The zero-order chi connectivity index (χ0) is 16.5. The number of hydrogen-bond acceptors (Lipinski definition) is 6. The maximum atomic E-state index is 5.01. The summed E-state index contributed by atoms with van der Waals surface area (Å²) in [5.74, 6) is 0.610. The van der Waals surface area contributed by atoms with Crippen molar-refractivity contribution in [1.82, 2.24) is 20.3 Å². The molecule has 3 aromatic rings. The van der Waals surface area contributed by atoms with Crippen molar-refractivity contribution in [3.05, 3.63) is 35.6 Å². The van der Waals surface area contributed by atoms with Gasteiger partial charge in [0.2, 0.25) is 0 Å². The minimum absolute atomic E-state index is 0.389. The summed E-state index contributed by atoms with van der Waals surface area (Å²) in [6.07, 6.45) is 5.99. The number of benzene rings is 1. The van der Waals surface area contributed by atoms with Crippen LogP contribution in [-0.2, 0) is 0 Å². The highest BCUT2D eigenvalue weighted by Gasteiger charge is 2.31. The SMILES string of the molecule is CCNC1CC(c2nc3ccc(-c4cnc(OC)nc4)cc3s2)C1. The Hall–Kier alpha value is -2.05. The Labute approximate surface area is 145 Å². The summed E-state index contributed by atoms with van der Waals surface area (Å²) in [6, 6.07) is 7.41. The number of fused-ring (bicyclic) bond motifs is 1. The van der Waals surface area contributed by atoms with Crippen molar-refractivity contribution >= 4 is 21.6 Å². The summed E-state index contributed by atoms with van der Waals surface area (Å²) in [4.78, 5) is 13.2. The van der Waals surface area contributed by atoms with Gasteiger partial charge in [-0.15, -0.1) is 11.3 Å². The first-order chi connectivity index (χ1) is 11.8. The van der Waals surface area contributed by atoms with Gasteiger partial charge in [0.1, 0.15) is 0 Å². The number of nitrogens with zero attached hydrogens (tertiary/aromatic N) is 3. The maximum Gasteiger partial charge on any atom is 0.316 e. The van der Waals surface area contributed by atoms with Crippen LogP contribution in [0.1, 0.15) is 30.7 Å². The number of ether oxygens (including phenoxy) is 1. The van der Waals surface area contributed by atoms with Gasteiger partial charge in [-0.1, -0.05) is 13.0 Å². The van der Waals surface area contributed by atoms with E-state index < -0.39 is 0 Å². The molecule has 24 heavy (non-hydrogen) atoms. The van der Waals surface area contributed by atoms with E-state index in [9.17, 15) is 0 Å². The molecule has 0 amide bonds. The first-order valence-electron chi connectivity index (χ1n) is 8.27. The lowest BCUT2D eigenvalue weighted by molar-refractivity contribution is 0.295. The predicted octanol–water partition coefficient (Wildman–Crippen LogP) is 3.62. The van der Waals surface area contributed by atoms with E-state index in [4.69, 9.17) is 9.72 Å². The van der Waals surface area contributed by atoms with Crippen LogP contribution in [0.5, 0.6) is 6.01 Å². The van der Waals surface area contributed by atoms with Crippen LogP contribution in [0.25, 0.3) is 21.3 Å². The van der Waals surface area contributed by atoms with Gasteiger partial charge in [-0.05, 0) is 37.1 Å². The standard InChI is InChI=1S/C18H20N4OS/c1-3-19-14-6-12(7-14)17-22-15-5-4-11(8-16(15)24-17)13-9-20-18(23-2)21-10-13/h4-5,8-10,12,14,19H,3,6-7H2,1-2H3. The topological polar surface area (TPSA) is 59.9 Å². The first-order valence-corrected chi connectivity index (χ1v) is 9.08. The molecule has 1 aliphatic carbocycles. The summed E-state index contributed by atoms with van der Waals surface area (Å²) in [7, 11) is 1.57. The van der Waals surface area contributed by atoms with E-state index in [1.165, 1.54) is 22.5 Å². The molecule has 0 bridgehead atoms. The van der Waals surface area contributed by atoms with E-state index in [0.717, 1.165) is 23.2 Å². The van der Waals surface area contributed by atoms with Crippen LogP contribution in [0.2, 0.25) is 0 Å². The van der Waals surface area contributed by atoms with Crippen molar-refractivity contribution in [2.24, 2.45) is 0 Å². The van der Waals surface area contributed by atoms with Crippen molar-refractivity contribution in [3.8, 4) is 17.1 Å². The molecule has 0 saturated heterocycles. The van der Waals surface area contributed by atoms with Crippen LogP contribution >= 0.6 is 11.3 Å². The molecule has 2 aromatic heterocycles. The number of thiazole rings is 1. The molecular formula is C18H20N4OS. The molecule has 0 spiro atoms. The predicted molar refractivity (Wildman–Crippen MR) is 96.6 cm³/mol. The Morgan fingerprint density at radius 1 is 1.21 bits per heavy atom. The van der Waals surface area contributed by atoms with Crippen LogP contribution in [0.4, 0.5) is 0 Å². The van der Waals surface area contributed by atoms with Gasteiger partial charge in [0.25, 0.3) is 0 Å². The van der Waals surface area contributed by atoms with Crippen molar-refractivity contribution in [3.63, 3.8) is 0 Å². The Morgan fingerprint density at radius 2 is 2.00 bits per heavy atom. The molecule has 4 rings (SSSR count). The van der Waals surface area contributed by atoms with E-state index in [-0.39, 0.29) is 0 Å². The first kappa shape index (κ1) is 15.5. The fourth-order valence-corrected chi connectivity index (χ4v) is 4.27. The average molecular weight is 340 g/mol. The molecule has 6 heteroatoms. The molecule has 2 heterocycles. The molecule has 1 aliphatic rings.